The molecule has 0 saturated heterocycles. The van der Waals surface area contributed by atoms with Crippen LogP contribution in [0.5, 0.6) is 0 Å². The number of thiazole rings is 1. The minimum Gasteiger partial charge on any atom is -0.330 e. The number of hydrogen-bond donors (Lipinski definition) is 0. The van der Waals surface area contributed by atoms with Crippen molar-refractivity contribution >= 4 is 22.4 Å². The van der Waals surface area contributed by atoms with Gasteiger partial charge in [-0.3, -0.25) is 0 Å². The van der Waals surface area contributed by atoms with Crippen LogP contribution in [0.2, 0.25) is 0 Å². The summed E-state index contributed by atoms with van der Waals surface area (Å²) in [6, 6.07) is 4.68. The number of hydrogen-bond acceptors (Lipinski definition) is 3. The lowest BCUT2D eigenvalue weighted by atomic mass is 10.0. The number of fused-ring (bicyclic) bond motifs is 1. The predicted octanol–water partition coefficient (Wildman–Crippen LogP) is 4.86. The Kier molecular flexibility index (Phi) is 3.34. The molecule has 0 amide bonds. The molecule has 4 heteroatoms. The lowest BCUT2D eigenvalue weighted by Gasteiger charge is -2.08. The molecule has 104 valence electrons. The van der Waals surface area contributed by atoms with Gasteiger partial charge in [0.05, 0.1) is 0 Å². The van der Waals surface area contributed by atoms with Gasteiger partial charge in [-0.05, 0) is 37.5 Å². The molecular weight excluding hydrogens is 266 g/mol. The minimum absolute atomic E-state index is 0.407. The second-order valence-electron chi connectivity index (χ2n) is 5.65. The number of nitrogens with zero attached hydrogens (tertiary/aromatic N) is 3. The van der Waals surface area contributed by atoms with Crippen molar-refractivity contribution in [1.82, 2.24) is 14.5 Å². The van der Waals surface area contributed by atoms with E-state index in [1.54, 1.807) is 11.3 Å². The van der Waals surface area contributed by atoms with Crippen molar-refractivity contribution in [1.29, 1.82) is 0 Å². The first-order valence-electron chi connectivity index (χ1n) is 6.99. The molecule has 0 aliphatic heterocycles. The van der Waals surface area contributed by atoms with E-state index in [1.807, 2.05) is 11.6 Å². The van der Waals surface area contributed by atoms with Crippen molar-refractivity contribution in [3.63, 3.8) is 0 Å². The Labute approximate surface area is 123 Å². The van der Waals surface area contributed by atoms with Crippen molar-refractivity contribution in [2.75, 3.05) is 0 Å². The molecule has 0 atom stereocenters. The number of pyridine rings is 1. The van der Waals surface area contributed by atoms with E-state index in [4.69, 9.17) is 4.98 Å². The molecule has 3 nitrogen and oxygen atoms in total. The second kappa shape index (κ2) is 5.02. The van der Waals surface area contributed by atoms with Crippen LogP contribution in [0.3, 0.4) is 0 Å². The third-order valence-corrected chi connectivity index (χ3v) is 4.33. The van der Waals surface area contributed by atoms with Crippen LogP contribution in [-0.2, 0) is 0 Å². The summed E-state index contributed by atoms with van der Waals surface area (Å²) >= 11 is 1.63. The van der Waals surface area contributed by atoms with E-state index in [0.29, 0.717) is 12.0 Å². The third-order valence-electron chi connectivity index (χ3n) is 3.54. The summed E-state index contributed by atoms with van der Waals surface area (Å²) < 4.78 is 2.27. The highest BCUT2D eigenvalue weighted by atomic mass is 32.1. The van der Waals surface area contributed by atoms with Gasteiger partial charge in [-0.25, -0.2) is 9.97 Å². The van der Waals surface area contributed by atoms with E-state index in [2.05, 4.69) is 55.6 Å². The highest BCUT2D eigenvalue weighted by Gasteiger charge is 2.15. The molecule has 0 aliphatic rings. The van der Waals surface area contributed by atoms with Crippen LogP contribution >= 0.6 is 11.3 Å². The lowest BCUT2D eigenvalue weighted by Crippen LogP contribution is -2.00. The van der Waals surface area contributed by atoms with Crippen LogP contribution in [0, 0.1) is 0 Å². The minimum atomic E-state index is 0.407. The van der Waals surface area contributed by atoms with E-state index in [0.717, 1.165) is 16.3 Å². The van der Waals surface area contributed by atoms with E-state index < -0.39 is 0 Å². The van der Waals surface area contributed by atoms with Crippen LogP contribution in [0.4, 0.5) is 0 Å². The van der Waals surface area contributed by atoms with Gasteiger partial charge < -0.3 is 4.57 Å². The summed E-state index contributed by atoms with van der Waals surface area (Å²) in [5, 5.41) is 4.23. The molecule has 0 unspecified atom stereocenters. The monoisotopic (exact) mass is 285 g/mol. The molecule has 20 heavy (non-hydrogen) atoms. The van der Waals surface area contributed by atoms with Crippen molar-refractivity contribution in [3.8, 4) is 10.7 Å². The maximum atomic E-state index is 4.85. The maximum Gasteiger partial charge on any atom is 0.141 e. The molecule has 0 radical (unpaired) electrons. The van der Waals surface area contributed by atoms with Gasteiger partial charge in [-0.15, -0.1) is 11.3 Å². The standard InChI is InChI=1S/C16H19N3S/c1-10(2)13-9-19(11(3)4)15-12(13)5-6-14(18-15)16-17-7-8-20-16/h5-11H,1-4H3. The number of rotatable bonds is 3. The first kappa shape index (κ1) is 13.3. The molecule has 3 rings (SSSR count). The van der Waals surface area contributed by atoms with Gasteiger partial charge in [0.1, 0.15) is 16.3 Å². The molecular formula is C16H19N3S. The zero-order valence-corrected chi connectivity index (χ0v) is 13.1. The van der Waals surface area contributed by atoms with Gasteiger partial charge in [0, 0.05) is 29.2 Å². The average molecular weight is 285 g/mol. The fourth-order valence-corrected chi connectivity index (χ4v) is 3.08. The molecule has 0 saturated carbocycles. The highest BCUT2D eigenvalue weighted by Crippen LogP contribution is 2.31. The Morgan fingerprint density at radius 3 is 2.55 bits per heavy atom. The summed E-state index contributed by atoms with van der Waals surface area (Å²) in [6.07, 6.45) is 4.07. The Hall–Kier alpha value is -1.68. The van der Waals surface area contributed by atoms with Gasteiger partial charge in [-0.2, -0.15) is 0 Å². The molecule has 0 fully saturated rings. The van der Waals surface area contributed by atoms with Gasteiger partial charge in [0.15, 0.2) is 0 Å². The number of aromatic nitrogens is 3. The summed E-state index contributed by atoms with van der Waals surface area (Å²) in [5.41, 5.74) is 3.39. The third kappa shape index (κ3) is 2.14. The molecule has 0 aliphatic carbocycles. The van der Waals surface area contributed by atoms with Gasteiger partial charge in [0.25, 0.3) is 0 Å². The van der Waals surface area contributed by atoms with Gasteiger partial charge >= 0.3 is 0 Å². The molecule has 0 aromatic carbocycles. The van der Waals surface area contributed by atoms with E-state index in [9.17, 15) is 0 Å². The molecule has 0 N–H and O–H groups in total. The van der Waals surface area contributed by atoms with Crippen molar-refractivity contribution < 1.29 is 0 Å². The zero-order valence-electron chi connectivity index (χ0n) is 12.3. The lowest BCUT2D eigenvalue weighted by molar-refractivity contribution is 0.614. The van der Waals surface area contributed by atoms with Crippen molar-refractivity contribution in [2.24, 2.45) is 0 Å². The fourth-order valence-electron chi connectivity index (χ4n) is 2.47. The summed E-state index contributed by atoms with van der Waals surface area (Å²) in [7, 11) is 0. The summed E-state index contributed by atoms with van der Waals surface area (Å²) in [5.74, 6) is 0.505. The summed E-state index contributed by atoms with van der Waals surface area (Å²) in [4.78, 5) is 9.21. The van der Waals surface area contributed by atoms with Crippen molar-refractivity contribution in [3.05, 3.63) is 35.5 Å². The molecule has 3 aromatic heterocycles. The van der Waals surface area contributed by atoms with Crippen LogP contribution in [0.25, 0.3) is 21.7 Å². The van der Waals surface area contributed by atoms with Crippen LogP contribution < -0.4 is 0 Å². The average Bonchev–Trinajstić information content (AvgIpc) is 3.05. The fraction of sp³-hybridized carbons (Fsp3) is 0.375. The van der Waals surface area contributed by atoms with Crippen LogP contribution in [0.1, 0.15) is 45.2 Å². The largest absolute Gasteiger partial charge is 0.330 e. The van der Waals surface area contributed by atoms with E-state index >= 15 is 0 Å². The van der Waals surface area contributed by atoms with Crippen LogP contribution in [-0.4, -0.2) is 14.5 Å². The Morgan fingerprint density at radius 1 is 1.15 bits per heavy atom. The Morgan fingerprint density at radius 2 is 1.95 bits per heavy atom. The van der Waals surface area contributed by atoms with Crippen molar-refractivity contribution in [2.45, 2.75) is 39.7 Å². The maximum absolute atomic E-state index is 4.85. The molecule has 3 aromatic rings. The normalized spacial score (nSPS) is 11.9. The van der Waals surface area contributed by atoms with Crippen LogP contribution in [0.15, 0.2) is 29.9 Å². The topological polar surface area (TPSA) is 30.7 Å². The first-order chi connectivity index (χ1) is 9.58. The first-order valence-corrected chi connectivity index (χ1v) is 7.87. The SMILES string of the molecule is CC(C)c1cn(C(C)C)c2nc(-c3nccs3)ccc12. The highest BCUT2D eigenvalue weighted by molar-refractivity contribution is 7.13. The van der Waals surface area contributed by atoms with E-state index in [1.165, 1.54) is 10.9 Å². The molecule has 0 spiro atoms. The zero-order chi connectivity index (χ0) is 14.3. The Balaban J connectivity index is 2.25. The molecule has 3 heterocycles. The van der Waals surface area contributed by atoms with E-state index in [-0.39, 0.29) is 0 Å². The van der Waals surface area contributed by atoms with Gasteiger partial charge in [-0.1, -0.05) is 13.8 Å². The summed E-state index contributed by atoms with van der Waals surface area (Å²) in [6.45, 7) is 8.85. The smallest absolute Gasteiger partial charge is 0.141 e. The quantitative estimate of drug-likeness (QED) is 0.687. The second-order valence-corrected chi connectivity index (χ2v) is 6.54. The predicted molar refractivity (Wildman–Crippen MR) is 85.3 cm³/mol. The Bertz CT molecular complexity index is 724. The van der Waals surface area contributed by atoms with Gasteiger partial charge in [0.2, 0.25) is 0 Å². The molecule has 0 bridgehead atoms.